The zero-order valence-electron chi connectivity index (χ0n) is 16.2. The molecule has 0 unspecified atom stereocenters. The second-order valence-electron chi connectivity index (χ2n) is 7.69. The number of nitrogens with zero attached hydrogens (tertiary/aromatic N) is 1. The minimum absolute atomic E-state index is 0.0563. The monoisotopic (exact) mass is 410 g/mol. The van der Waals surface area contributed by atoms with Crippen LogP contribution in [0.25, 0.3) is 21.9 Å². The van der Waals surface area contributed by atoms with Gasteiger partial charge in [-0.3, -0.25) is 4.79 Å². The van der Waals surface area contributed by atoms with Crippen molar-refractivity contribution in [3.63, 3.8) is 0 Å². The Morgan fingerprint density at radius 3 is 2.41 bits per heavy atom. The molecule has 29 heavy (non-hydrogen) atoms. The number of aromatic nitrogens is 1. The number of nitrogens with one attached hydrogen (secondary N) is 1. The summed E-state index contributed by atoms with van der Waals surface area (Å²) in [5.41, 5.74) is 5.10. The number of pyridine rings is 1. The summed E-state index contributed by atoms with van der Waals surface area (Å²) in [7, 11) is 0. The van der Waals surface area contributed by atoms with Gasteiger partial charge in [0.15, 0.2) is 5.69 Å². The molecule has 1 saturated carbocycles. The van der Waals surface area contributed by atoms with E-state index in [1.165, 1.54) is 11.1 Å². The molecule has 2 aromatic carbocycles. The Kier molecular flexibility index (Phi) is 5.33. The summed E-state index contributed by atoms with van der Waals surface area (Å²) in [5.74, 6) is -1.15. The van der Waals surface area contributed by atoms with Gasteiger partial charge in [0, 0.05) is 22.0 Å². The molecule has 0 spiro atoms. The molecule has 1 heterocycles. The first kappa shape index (κ1) is 19.5. The number of aromatic carboxylic acids is 1. The van der Waals surface area contributed by atoms with Gasteiger partial charge in [-0.1, -0.05) is 60.7 Å². The van der Waals surface area contributed by atoms with Crippen LogP contribution < -0.4 is 11.0 Å². The van der Waals surface area contributed by atoms with E-state index in [-0.39, 0.29) is 17.3 Å². The van der Waals surface area contributed by atoms with E-state index in [0.29, 0.717) is 21.4 Å². The van der Waals surface area contributed by atoms with Gasteiger partial charge >= 0.3 is 5.97 Å². The predicted octanol–water partition coefficient (Wildman–Crippen LogP) is 5.20. The number of hydrogen-bond acceptors (Lipinski definition) is 3. The van der Waals surface area contributed by atoms with Crippen LogP contribution in [0.15, 0.2) is 47.3 Å². The number of benzene rings is 2. The number of carboxylic acid groups (broad SMARTS) is 1. The molecule has 150 valence electrons. The Hall–Kier alpha value is -2.79. The average molecular weight is 411 g/mol. The van der Waals surface area contributed by atoms with Crippen LogP contribution in [0.1, 0.15) is 48.2 Å². The lowest BCUT2D eigenvalue weighted by Crippen LogP contribution is -2.40. The van der Waals surface area contributed by atoms with Gasteiger partial charge in [-0.15, -0.1) is 0 Å². The highest BCUT2D eigenvalue weighted by atomic mass is 35.5. The first-order valence-electron chi connectivity index (χ1n) is 9.91. The second kappa shape index (κ2) is 7.91. The number of carboxylic acids is 1. The summed E-state index contributed by atoms with van der Waals surface area (Å²) in [6.45, 7) is 1.97. The van der Waals surface area contributed by atoms with Crippen molar-refractivity contribution in [2.45, 2.75) is 45.1 Å². The van der Waals surface area contributed by atoms with E-state index in [1.54, 1.807) is 18.2 Å². The lowest BCUT2D eigenvalue weighted by Gasteiger charge is -2.27. The highest BCUT2D eigenvalue weighted by molar-refractivity contribution is 6.31. The molecule has 1 aromatic heterocycles. The zero-order valence-corrected chi connectivity index (χ0v) is 17.0. The first-order chi connectivity index (χ1) is 14.0. The number of halogens is 1. The summed E-state index contributed by atoms with van der Waals surface area (Å²) < 4.78 is 1.24. The molecule has 0 bridgehead atoms. The van der Waals surface area contributed by atoms with Gasteiger partial charge in [0.2, 0.25) is 0 Å². The van der Waals surface area contributed by atoms with Crippen LogP contribution in [0.4, 0.5) is 0 Å². The molecule has 0 amide bonds. The van der Waals surface area contributed by atoms with E-state index in [9.17, 15) is 14.7 Å². The van der Waals surface area contributed by atoms with Gasteiger partial charge in [0.25, 0.3) is 5.56 Å². The van der Waals surface area contributed by atoms with Crippen LogP contribution in [-0.4, -0.2) is 21.8 Å². The first-order valence-corrected chi connectivity index (χ1v) is 10.3. The lowest BCUT2D eigenvalue weighted by molar-refractivity contribution is 0.0686. The molecule has 0 saturated heterocycles. The fourth-order valence-corrected chi connectivity index (χ4v) is 4.30. The van der Waals surface area contributed by atoms with Crippen molar-refractivity contribution >= 4 is 28.3 Å². The van der Waals surface area contributed by atoms with Crippen LogP contribution in [0, 0.1) is 6.92 Å². The third kappa shape index (κ3) is 3.75. The van der Waals surface area contributed by atoms with Crippen molar-refractivity contribution in [3.8, 4) is 11.1 Å². The Bertz CT molecular complexity index is 1130. The molecule has 4 rings (SSSR count). The number of fused-ring (bicyclic) bond motifs is 1. The summed E-state index contributed by atoms with van der Waals surface area (Å²) >= 11 is 6.21. The molecular formula is C23H23ClN2O3. The lowest BCUT2D eigenvalue weighted by atomic mass is 9.95. The predicted molar refractivity (Wildman–Crippen MR) is 117 cm³/mol. The van der Waals surface area contributed by atoms with Crippen LogP contribution in [-0.2, 0) is 0 Å². The zero-order chi connectivity index (χ0) is 20.5. The highest BCUT2D eigenvalue weighted by Gasteiger charge is 2.25. The van der Waals surface area contributed by atoms with Crippen molar-refractivity contribution in [1.82, 2.24) is 4.68 Å². The molecule has 0 atom stereocenters. The molecule has 1 aliphatic rings. The summed E-state index contributed by atoms with van der Waals surface area (Å²) in [6, 6.07) is 12.7. The summed E-state index contributed by atoms with van der Waals surface area (Å²) in [5, 5.41) is 11.6. The molecule has 0 radical (unpaired) electrons. The maximum Gasteiger partial charge on any atom is 0.355 e. The number of hydrogen-bond donors (Lipinski definition) is 2. The molecule has 1 aliphatic carbocycles. The number of rotatable bonds is 4. The van der Waals surface area contributed by atoms with Crippen molar-refractivity contribution in [3.05, 3.63) is 69.1 Å². The van der Waals surface area contributed by atoms with E-state index in [4.69, 9.17) is 11.6 Å². The average Bonchev–Trinajstić information content (AvgIpc) is 2.71. The smallest absolute Gasteiger partial charge is 0.355 e. The van der Waals surface area contributed by atoms with E-state index in [2.05, 4.69) is 5.43 Å². The minimum atomic E-state index is -1.15. The second-order valence-corrected chi connectivity index (χ2v) is 8.13. The molecule has 2 N–H and O–H groups in total. The van der Waals surface area contributed by atoms with Crippen LogP contribution in [0.2, 0.25) is 5.02 Å². The molecular weight excluding hydrogens is 388 g/mol. The van der Waals surface area contributed by atoms with Gasteiger partial charge in [-0.25, -0.2) is 9.47 Å². The van der Waals surface area contributed by atoms with E-state index >= 15 is 0 Å². The van der Waals surface area contributed by atoms with Crippen LogP contribution >= 0.6 is 11.6 Å². The Morgan fingerprint density at radius 1 is 1.07 bits per heavy atom. The maximum atomic E-state index is 13.3. The van der Waals surface area contributed by atoms with Crippen molar-refractivity contribution in [1.29, 1.82) is 0 Å². The third-order valence-corrected chi connectivity index (χ3v) is 5.84. The van der Waals surface area contributed by atoms with Gasteiger partial charge in [0.1, 0.15) is 0 Å². The molecule has 0 aliphatic heterocycles. The molecule has 1 fully saturated rings. The topological polar surface area (TPSA) is 71.3 Å². The highest BCUT2D eigenvalue weighted by Crippen LogP contribution is 2.33. The van der Waals surface area contributed by atoms with E-state index < -0.39 is 5.97 Å². The normalized spacial score (nSPS) is 14.8. The number of aryl methyl sites for hydroxylation is 1. The fourth-order valence-electron chi connectivity index (χ4n) is 4.12. The number of carbonyl (C=O) groups is 1. The quantitative estimate of drug-likeness (QED) is 0.619. The summed E-state index contributed by atoms with van der Waals surface area (Å²) in [6.07, 6.45) is 5.16. The summed E-state index contributed by atoms with van der Waals surface area (Å²) in [4.78, 5) is 25.6. The van der Waals surface area contributed by atoms with Crippen molar-refractivity contribution < 1.29 is 9.90 Å². The Morgan fingerprint density at radius 2 is 1.76 bits per heavy atom. The van der Waals surface area contributed by atoms with Crippen molar-refractivity contribution in [2.24, 2.45) is 0 Å². The minimum Gasteiger partial charge on any atom is -0.476 e. The van der Waals surface area contributed by atoms with Gasteiger partial charge < -0.3 is 10.5 Å². The molecule has 3 aromatic rings. The molecule has 5 nitrogen and oxygen atoms in total. The van der Waals surface area contributed by atoms with E-state index in [0.717, 1.165) is 36.8 Å². The third-order valence-electron chi connectivity index (χ3n) is 5.60. The van der Waals surface area contributed by atoms with Crippen LogP contribution in [0.3, 0.4) is 0 Å². The maximum absolute atomic E-state index is 13.3. The van der Waals surface area contributed by atoms with E-state index in [1.807, 2.05) is 31.2 Å². The Balaban J connectivity index is 2.04. The largest absolute Gasteiger partial charge is 0.476 e. The SMILES string of the molecule is Cc1ccc(-c2c(C(=O)O)n(NC3CCCCC3)c(=O)c3ccc(Cl)cc23)cc1. The van der Waals surface area contributed by atoms with Gasteiger partial charge in [-0.2, -0.15) is 0 Å². The molecule has 6 heteroatoms. The fraction of sp³-hybridized carbons (Fsp3) is 0.304. The van der Waals surface area contributed by atoms with Crippen molar-refractivity contribution in [2.75, 3.05) is 5.43 Å². The van der Waals surface area contributed by atoms with Crippen LogP contribution in [0.5, 0.6) is 0 Å². The van der Waals surface area contributed by atoms with Gasteiger partial charge in [-0.05, 0) is 48.9 Å². The van der Waals surface area contributed by atoms with Gasteiger partial charge in [0.05, 0.1) is 0 Å². The standard InChI is InChI=1S/C23H23ClN2O3/c1-14-7-9-15(10-8-14)20-19-13-16(24)11-12-18(19)22(27)26(21(20)23(28)29)25-17-5-3-2-4-6-17/h7-13,17,25H,2-6H2,1H3,(H,28,29). The Labute approximate surface area is 173 Å².